The van der Waals surface area contributed by atoms with Crippen molar-refractivity contribution in [2.75, 3.05) is 18.9 Å². The average molecular weight is 296 g/mol. The number of para-hydroxylation sites is 1. The standard InChI is InChI=1S/C14H17N3S.ClH/c1-17(8-13-9-18-10-16-13)7-12-4-2-3-11-5-6-15-14(11)12;/h2-4,9-10,15H,5-8H2,1H3;1H. The molecule has 0 saturated carbocycles. The predicted molar refractivity (Wildman–Crippen MR) is 83.2 cm³/mol. The topological polar surface area (TPSA) is 28.2 Å². The maximum Gasteiger partial charge on any atom is 0.0795 e. The number of hydrogen-bond donors (Lipinski definition) is 1. The smallest absolute Gasteiger partial charge is 0.0795 e. The van der Waals surface area contributed by atoms with Gasteiger partial charge in [0.1, 0.15) is 0 Å². The van der Waals surface area contributed by atoms with Crippen LogP contribution in [0.2, 0.25) is 0 Å². The van der Waals surface area contributed by atoms with E-state index in [0.717, 1.165) is 31.7 Å². The van der Waals surface area contributed by atoms with Gasteiger partial charge in [-0.3, -0.25) is 4.90 Å². The van der Waals surface area contributed by atoms with Gasteiger partial charge in [0.25, 0.3) is 0 Å². The third-order valence-corrected chi connectivity index (χ3v) is 3.92. The Hall–Kier alpha value is -1.10. The van der Waals surface area contributed by atoms with E-state index in [0.29, 0.717) is 0 Å². The first-order valence-corrected chi connectivity index (χ1v) is 7.17. The highest BCUT2D eigenvalue weighted by Gasteiger charge is 2.14. The van der Waals surface area contributed by atoms with Crippen molar-refractivity contribution in [1.82, 2.24) is 9.88 Å². The molecule has 1 N–H and O–H groups in total. The van der Waals surface area contributed by atoms with Gasteiger partial charge < -0.3 is 5.32 Å². The van der Waals surface area contributed by atoms with Crippen LogP contribution < -0.4 is 5.32 Å². The number of benzene rings is 1. The number of rotatable bonds is 4. The number of fused-ring (bicyclic) bond motifs is 1. The molecular weight excluding hydrogens is 278 g/mol. The van der Waals surface area contributed by atoms with E-state index in [1.54, 1.807) is 11.3 Å². The molecule has 0 spiro atoms. The molecule has 0 fully saturated rings. The quantitative estimate of drug-likeness (QED) is 0.939. The van der Waals surface area contributed by atoms with E-state index in [4.69, 9.17) is 0 Å². The van der Waals surface area contributed by atoms with Crippen LogP contribution in [-0.4, -0.2) is 23.5 Å². The molecule has 2 heterocycles. The molecule has 3 rings (SSSR count). The van der Waals surface area contributed by atoms with Crippen LogP contribution in [0.25, 0.3) is 0 Å². The van der Waals surface area contributed by atoms with Crippen LogP contribution in [0, 0.1) is 0 Å². The molecule has 19 heavy (non-hydrogen) atoms. The number of thiazole rings is 1. The van der Waals surface area contributed by atoms with Gasteiger partial charge in [-0.25, -0.2) is 4.98 Å². The van der Waals surface area contributed by atoms with E-state index in [1.165, 1.54) is 16.8 Å². The fourth-order valence-corrected chi connectivity index (χ4v) is 3.03. The zero-order chi connectivity index (χ0) is 12.4. The van der Waals surface area contributed by atoms with Gasteiger partial charge in [-0.1, -0.05) is 18.2 Å². The van der Waals surface area contributed by atoms with Crippen LogP contribution >= 0.6 is 23.7 Å². The lowest BCUT2D eigenvalue weighted by atomic mass is 10.1. The van der Waals surface area contributed by atoms with Crippen LogP contribution in [-0.2, 0) is 19.5 Å². The van der Waals surface area contributed by atoms with Gasteiger partial charge in [-0.05, 0) is 24.6 Å². The SMILES string of the molecule is CN(Cc1cscn1)Cc1cccc2c1NCC2.Cl. The van der Waals surface area contributed by atoms with Crippen LogP contribution in [0.15, 0.2) is 29.1 Å². The van der Waals surface area contributed by atoms with Crippen molar-refractivity contribution in [2.24, 2.45) is 0 Å². The molecule has 1 aliphatic rings. The fraction of sp³-hybridized carbons (Fsp3) is 0.357. The minimum Gasteiger partial charge on any atom is -0.384 e. The van der Waals surface area contributed by atoms with E-state index >= 15 is 0 Å². The maximum atomic E-state index is 4.33. The summed E-state index contributed by atoms with van der Waals surface area (Å²) in [5.74, 6) is 0. The van der Waals surface area contributed by atoms with Crippen molar-refractivity contribution in [3.05, 3.63) is 45.9 Å². The molecule has 5 heteroatoms. The molecule has 2 aromatic rings. The van der Waals surface area contributed by atoms with Crippen molar-refractivity contribution < 1.29 is 0 Å². The van der Waals surface area contributed by atoms with Crippen LogP contribution in [0.1, 0.15) is 16.8 Å². The highest BCUT2D eigenvalue weighted by molar-refractivity contribution is 7.07. The lowest BCUT2D eigenvalue weighted by Crippen LogP contribution is -2.18. The molecule has 0 unspecified atom stereocenters. The monoisotopic (exact) mass is 295 g/mol. The molecule has 1 aromatic heterocycles. The summed E-state index contributed by atoms with van der Waals surface area (Å²) in [6, 6.07) is 6.60. The van der Waals surface area contributed by atoms with Crippen molar-refractivity contribution in [3.63, 3.8) is 0 Å². The Labute approximate surface area is 124 Å². The number of anilines is 1. The van der Waals surface area contributed by atoms with Crippen LogP contribution in [0.4, 0.5) is 5.69 Å². The van der Waals surface area contributed by atoms with E-state index in [2.05, 4.69) is 45.8 Å². The summed E-state index contributed by atoms with van der Waals surface area (Å²) in [4.78, 5) is 6.64. The third-order valence-electron chi connectivity index (χ3n) is 3.29. The summed E-state index contributed by atoms with van der Waals surface area (Å²) < 4.78 is 0. The largest absolute Gasteiger partial charge is 0.384 e. The number of nitrogens with one attached hydrogen (secondary N) is 1. The van der Waals surface area contributed by atoms with E-state index in [-0.39, 0.29) is 12.4 Å². The van der Waals surface area contributed by atoms with E-state index in [9.17, 15) is 0 Å². The van der Waals surface area contributed by atoms with Gasteiger partial charge in [0, 0.05) is 30.7 Å². The van der Waals surface area contributed by atoms with Crippen molar-refractivity contribution in [3.8, 4) is 0 Å². The van der Waals surface area contributed by atoms with E-state index in [1.807, 2.05) is 5.51 Å². The second-order valence-corrected chi connectivity index (χ2v) is 5.50. The number of halogens is 1. The van der Waals surface area contributed by atoms with Crippen molar-refractivity contribution >= 4 is 29.4 Å². The molecule has 0 atom stereocenters. The predicted octanol–water partition coefficient (Wildman–Crippen LogP) is 3.16. The summed E-state index contributed by atoms with van der Waals surface area (Å²) in [6.07, 6.45) is 1.15. The second kappa shape index (κ2) is 6.37. The molecule has 0 amide bonds. The second-order valence-electron chi connectivity index (χ2n) is 4.78. The Morgan fingerprint density at radius 1 is 1.37 bits per heavy atom. The first-order chi connectivity index (χ1) is 8.83. The lowest BCUT2D eigenvalue weighted by molar-refractivity contribution is 0.316. The van der Waals surface area contributed by atoms with Crippen LogP contribution in [0.3, 0.4) is 0 Å². The molecule has 1 aromatic carbocycles. The molecule has 1 aliphatic heterocycles. The summed E-state index contributed by atoms with van der Waals surface area (Å²) in [6.45, 7) is 2.95. The Morgan fingerprint density at radius 3 is 3.05 bits per heavy atom. The Bertz CT molecular complexity index is 527. The van der Waals surface area contributed by atoms with Gasteiger partial charge in [0.15, 0.2) is 0 Å². The molecule has 3 nitrogen and oxygen atoms in total. The zero-order valence-electron chi connectivity index (χ0n) is 10.9. The highest BCUT2D eigenvalue weighted by atomic mass is 35.5. The normalized spacial score (nSPS) is 12.9. The summed E-state index contributed by atoms with van der Waals surface area (Å²) in [7, 11) is 2.15. The van der Waals surface area contributed by atoms with Crippen molar-refractivity contribution in [2.45, 2.75) is 19.5 Å². The molecule has 0 saturated heterocycles. The highest BCUT2D eigenvalue weighted by Crippen LogP contribution is 2.27. The Balaban J connectivity index is 0.00000133. The molecule has 0 radical (unpaired) electrons. The van der Waals surface area contributed by atoms with E-state index < -0.39 is 0 Å². The number of hydrogen-bond acceptors (Lipinski definition) is 4. The van der Waals surface area contributed by atoms with Gasteiger partial charge in [-0.15, -0.1) is 23.7 Å². The first-order valence-electron chi connectivity index (χ1n) is 6.23. The number of nitrogens with zero attached hydrogens (tertiary/aromatic N) is 2. The fourth-order valence-electron chi connectivity index (χ4n) is 2.48. The van der Waals surface area contributed by atoms with Gasteiger partial charge in [0.2, 0.25) is 0 Å². The average Bonchev–Trinajstić information content (AvgIpc) is 2.99. The summed E-state index contributed by atoms with van der Waals surface area (Å²) in [5, 5.41) is 5.61. The molecule has 0 aliphatic carbocycles. The van der Waals surface area contributed by atoms with Crippen molar-refractivity contribution in [1.29, 1.82) is 0 Å². The minimum atomic E-state index is 0. The Morgan fingerprint density at radius 2 is 2.26 bits per heavy atom. The molecule has 102 valence electrons. The Kier molecular flexibility index (Phi) is 4.80. The van der Waals surface area contributed by atoms with Gasteiger partial charge in [-0.2, -0.15) is 0 Å². The molecule has 0 bridgehead atoms. The maximum absolute atomic E-state index is 4.33. The number of aromatic nitrogens is 1. The summed E-state index contributed by atoms with van der Waals surface area (Å²) in [5.41, 5.74) is 7.24. The van der Waals surface area contributed by atoms with Gasteiger partial charge in [0.05, 0.1) is 11.2 Å². The zero-order valence-corrected chi connectivity index (χ0v) is 12.6. The van der Waals surface area contributed by atoms with Gasteiger partial charge >= 0.3 is 0 Å². The summed E-state index contributed by atoms with van der Waals surface area (Å²) >= 11 is 1.66. The first kappa shape index (κ1) is 14.3. The minimum absolute atomic E-state index is 0. The van der Waals surface area contributed by atoms with Crippen LogP contribution in [0.5, 0.6) is 0 Å². The molecular formula is C14H18ClN3S. The lowest BCUT2D eigenvalue weighted by Gasteiger charge is -2.17. The third kappa shape index (κ3) is 3.26.